The van der Waals surface area contributed by atoms with Crippen LogP contribution in [0.3, 0.4) is 0 Å². The molecule has 0 amide bonds. The maximum Gasteiger partial charge on any atom is 0.431 e. The molecule has 3 aromatic rings. The van der Waals surface area contributed by atoms with Gasteiger partial charge in [0.2, 0.25) is 0 Å². The number of aromatic nitrogens is 6. The number of benzene rings is 1. The van der Waals surface area contributed by atoms with E-state index in [1.54, 1.807) is 35.3 Å². The summed E-state index contributed by atoms with van der Waals surface area (Å²) in [6, 6.07) is 7.72. The minimum atomic E-state index is -4.64. The van der Waals surface area contributed by atoms with Crippen LogP contribution in [0.2, 0.25) is 0 Å². The number of hydrogen-bond donors (Lipinski definition) is 2. The van der Waals surface area contributed by atoms with Crippen molar-refractivity contribution < 1.29 is 13.2 Å². The highest BCUT2D eigenvalue weighted by molar-refractivity contribution is 5.69. The summed E-state index contributed by atoms with van der Waals surface area (Å²) in [5.74, 6) is 0.497. The van der Waals surface area contributed by atoms with E-state index >= 15 is 0 Å². The SMILES string of the molecule is O=c1nc(/C=C/c2ccc(-c3nnn[nH]3)cc2)cc(C(F)(F)F)[nH]1. The molecule has 0 aliphatic carbocycles. The van der Waals surface area contributed by atoms with Crippen molar-refractivity contribution in [1.29, 1.82) is 0 Å². The summed E-state index contributed by atoms with van der Waals surface area (Å²) in [6.45, 7) is 0. The first-order chi connectivity index (χ1) is 11.4. The molecule has 24 heavy (non-hydrogen) atoms. The molecule has 0 aliphatic heterocycles. The molecule has 10 heteroatoms. The third-order valence-electron chi connectivity index (χ3n) is 3.05. The molecule has 0 saturated carbocycles. The van der Waals surface area contributed by atoms with E-state index in [1.807, 2.05) is 0 Å². The minimum Gasteiger partial charge on any atom is -0.302 e. The number of H-pyrrole nitrogens is 2. The summed E-state index contributed by atoms with van der Waals surface area (Å²) in [6.07, 6.45) is -1.77. The Kier molecular flexibility index (Phi) is 3.94. The number of hydrogen-bond acceptors (Lipinski definition) is 5. The summed E-state index contributed by atoms with van der Waals surface area (Å²) in [7, 11) is 0. The quantitative estimate of drug-likeness (QED) is 0.764. The molecule has 0 fully saturated rings. The average molecular weight is 334 g/mol. The zero-order chi connectivity index (χ0) is 17.2. The van der Waals surface area contributed by atoms with Gasteiger partial charge in [-0.05, 0) is 28.1 Å². The molecule has 2 heterocycles. The summed E-state index contributed by atoms with van der Waals surface area (Å²) in [5, 5.41) is 13.3. The van der Waals surface area contributed by atoms with Gasteiger partial charge in [0, 0.05) is 5.56 Å². The highest BCUT2D eigenvalue weighted by Crippen LogP contribution is 2.27. The van der Waals surface area contributed by atoms with Crippen LogP contribution in [0.15, 0.2) is 35.1 Å². The Morgan fingerprint density at radius 1 is 1.08 bits per heavy atom. The molecule has 3 rings (SSSR count). The first-order valence-electron chi connectivity index (χ1n) is 6.62. The molecule has 0 aliphatic rings. The van der Waals surface area contributed by atoms with Crippen LogP contribution in [0.1, 0.15) is 17.0 Å². The molecule has 2 N–H and O–H groups in total. The lowest BCUT2D eigenvalue weighted by Gasteiger charge is -2.05. The number of rotatable bonds is 3. The van der Waals surface area contributed by atoms with Gasteiger partial charge >= 0.3 is 11.9 Å². The Hall–Kier alpha value is -3.30. The third kappa shape index (κ3) is 3.54. The second kappa shape index (κ2) is 6.07. The van der Waals surface area contributed by atoms with Gasteiger partial charge in [-0.1, -0.05) is 30.3 Å². The van der Waals surface area contributed by atoms with Crippen molar-refractivity contribution in [3.8, 4) is 11.4 Å². The fraction of sp³-hybridized carbons (Fsp3) is 0.0714. The summed E-state index contributed by atoms with van der Waals surface area (Å²) in [4.78, 5) is 16.4. The average Bonchev–Trinajstić information content (AvgIpc) is 3.06. The van der Waals surface area contributed by atoms with E-state index < -0.39 is 17.6 Å². The molecule has 0 atom stereocenters. The van der Waals surface area contributed by atoms with Crippen molar-refractivity contribution in [3.05, 3.63) is 57.8 Å². The van der Waals surface area contributed by atoms with Gasteiger partial charge in [-0.25, -0.2) is 9.89 Å². The third-order valence-corrected chi connectivity index (χ3v) is 3.05. The molecule has 0 spiro atoms. The van der Waals surface area contributed by atoms with Crippen LogP contribution in [-0.4, -0.2) is 30.6 Å². The zero-order valence-electron chi connectivity index (χ0n) is 11.9. The van der Waals surface area contributed by atoms with Crippen molar-refractivity contribution in [2.45, 2.75) is 6.18 Å². The predicted molar refractivity (Wildman–Crippen MR) is 78.4 cm³/mol. The standard InChI is InChI=1S/C14H9F3N6O/c15-14(16,17)11-7-10(18-13(24)19-11)6-3-8-1-4-9(5-2-8)12-20-22-23-21-12/h1-7H,(H,18,19,24)(H,20,21,22,23)/b6-3+. The van der Waals surface area contributed by atoms with Gasteiger partial charge in [-0.2, -0.15) is 18.2 Å². The molecule has 0 radical (unpaired) electrons. The van der Waals surface area contributed by atoms with Crippen molar-refractivity contribution in [1.82, 2.24) is 30.6 Å². The monoisotopic (exact) mass is 334 g/mol. The van der Waals surface area contributed by atoms with Crippen LogP contribution in [0.25, 0.3) is 23.5 Å². The van der Waals surface area contributed by atoms with E-state index in [0.29, 0.717) is 11.4 Å². The van der Waals surface area contributed by atoms with Crippen molar-refractivity contribution in [2.24, 2.45) is 0 Å². The smallest absolute Gasteiger partial charge is 0.302 e. The van der Waals surface area contributed by atoms with E-state index in [0.717, 1.165) is 11.6 Å². The Balaban J connectivity index is 1.83. The molecule has 2 aromatic heterocycles. The highest BCUT2D eigenvalue weighted by Gasteiger charge is 2.32. The van der Waals surface area contributed by atoms with E-state index in [4.69, 9.17) is 0 Å². The summed E-state index contributed by atoms with van der Waals surface area (Å²) >= 11 is 0. The van der Waals surface area contributed by atoms with Gasteiger partial charge in [0.1, 0.15) is 5.69 Å². The van der Waals surface area contributed by atoms with Crippen LogP contribution < -0.4 is 5.69 Å². The minimum absolute atomic E-state index is 0.0883. The van der Waals surface area contributed by atoms with Gasteiger partial charge in [0.15, 0.2) is 5.82 Å². The van der Waals surface area contributed by atoms with Crippen molar-refractivity contribution in [3.63, 3.8) is 0 Å². The summed E-state index contributed by atoms with van der Waals surface area (Å²) in [5.41, 5.74) is -0.824. The van der Waals surface area contributed by atoms with Gasteiger partial charge < -0.3 is 4.98 Å². The van der Waals surface area contributed by atoms with Crippen LogP contribution in [0.4, 0.5) is 13.2 Å². The number of tetrazole rings is 1. The second-order valence-electron chi connectivity index (χ2n) is 4.73. The lowest BCUT2D eigenvalue weighted by Crippen LogP contribution is -2.19. The molecular weight excluding hydrogens is 325 g/mol. The van der Waals surface area contributed by atoms with Crippen LogP contribution in [0.5, 0.6) is 0 Å². The lowest BCUT2D eigenvalue weighted by molar-refractivity contribution is -0.141. The van der Waals surface area contributed by atoms with Crippen LogP contribution in [-0.2, 0) is 6.18 Å². The van der Waals surface area contributed by atoms with Gasteiger partial charge in [-0.3, -0.25) is 0 Å². The molecule has 0 saturated heterocycles. The Bertz CT molecular complexity index is 913. The first kappa shape index (κ1) is 15.6. The van der Waals surface area contributed by atoms with Crippen LogP contribution >= 0.6 is 0 Å². The van der Waals surface area contributed by atoms with Gasteiger partial charge in [-0.15, -0.1) is 5.10 Å². The van der Waals surface area contributed by atoms with Crippen LogP contribution in [0, 0.1) is 0 Å². The van der Waals surface area contributed by atoms with Gasteiger partial charge in [0.25, 0.3) is 0 Å². The molecule has 122 valence electrons. The Labute approximate surface area is 132 Å². The number of nitrogens with one attached hydrogen (secondary N) is 2. The number of alkyl halides is 3. The first-order valence-corrected chi connectivity index (χ1v) is 6.62. The number of nitrogens with zero attached hydrogens (tertiary/aromatic N) is 4. The maximum atomic E-state index is 12.6. The van der Waals surface area contributed by atoms with Gasteiger partial charge in [0.05, 0.1) is 5.69 Å². The lowest BCUT2D eigenvalue weighted by atomic mass is 10.1. The summed E-state index contributed by atoms with van der Waals surface area (Å²) < 4.78 is 37.9. The topological polar surface area (TPSA) is 100 Å². The number of halogens is 3. The molecule has 7 nitrogen and oxygen atoms in total. The van der Waals surface area contributed by atoms with E-state index in [9.17, 15) is 18.0 Å². The highest BCUT2D eigenvalue weighted by atomic mass is 19.4. The fourth-order valence-electron chi connectivity index (χ4n) is 1.93. The van der Waals surface area contributed by atoms with E-state index in [2.05, 4.69) is 25.6 Å². The molecule has 0 bridgehead atoms. The predicted octanol–water partition coefficient (Wildman–Crippen LogP) is 2.14. The van der Waals surface area contributed by atoms with Crippen molar-refractivity contribution >= 4 is 12.2 Å². The van der Waals surface area contributed by atoms with Crippen molar-refractivity contribution in [2.75, 3.05) is 0 Å². The largest absolute Gasteiger partial charge is 0.431 e. The second-order valence-corrected chi connectivity index (χ2v) is 4.73. The zero-order valence-corrected chi connectivity index (χ0v) is 11.9. The van der Waals surface area contributed by atoms with E-state index in [1.165, 1.54) is 6.08 Å². The van der Waals surface area contributed by atoms with E-state index in [-0.39, 0.29) is 5.69 Å². The molecule has 1 aromatic carbocycles. The Morgan fingerprint density at radius 2 is 1.83 bits per heavy atom. The fourth-order valence-corrected chi connectivity index (χ4v) is 1.93. The molecule has 0 unspecified atom stereocenters. The normalized spacial score (nSPS) is 12.0. The molecular formula is C14H9F3N6O. The Morgan fingerprint density at radius 3 is 2.46 bits per heavy atom. The number of aromatic amines is 2. The maximum absolute atomic E-state index is 12.6.